The molecular formula is C12H21N3. The van der Waals surface area contributed by atoms with Crippen molar-refractivity contribution in [1.29, 1.82) is 0 Å². The third kappa shape index (κ3) is 2.74. The molecule has 1 aliphatic carbocycles. The number of hydrogen-bond donors (Lipinski definition) is 1. The maximum absolute atomic E-state index is 5.73. The van der Waals surface area contributed by atoms with Crippen molar-refractivity contribution in [3.8, 4) is 0 Å². The lowest BCUT2D eigenvalue weighted by molar-refractivity contribution is 0.269. The van der Waals surface area contributed by atoms with E-state index in [4.69, 9.17) is 5.73 Å². The topological polar surface area (TPSA) is 43.8 Å². The summed E-state index contributed by atoms with van der Waals surface area (Å²) in [4.78, 5) is 4.03. The number of anilines is 1. The fourth-order valence-electron chi connectivity index (χ4n) is 2.47. The highest BCUT2D eigenvalue weighted by Gasteiger charge is 2.17. The van der Waals surface area contributed by atoms with Gasteiger partial charge in [-0.05, 0) is 18.3 Å². The first-order valence-corrected chi connectivity index (χ1v) is 6.02. The SMILES string of the molecule is CC1CCC(CCn2ccnc2N)CC1. The van der Waals surface area contributed by atoms with Crippen LogP contribution >= 0.6 is 0 Å². The summed E-state index contributed by atoms with van der Waals surface area (Å²) in [6, 6.07) is 0. The van der Waals surface area contributed by atoms with Gasteiger partial charge in [0.15, 0.2) is 5.95 Å². The molecule has 0 amide bonds. The van der Waals surface area contributed by atoms with Crippen molar-refractivity contribution < 1.29 is 0 Å². The zero-order chi connectivity index (χ0) is 10.7. The van der Waals surface area contributed by atoms with Crippen LogP contribution in [0.2, 0.25) is 0 Å². The summed E-state index contributed by atoms with van der Waals surface area (Å²) in [5.74, 6) is 2.50. The molecule has 1 fully saturated rings. The number of hydrogen-bond acceptors (Lipinski definition) is 2. The van der Waals surface area contributed by atoms with E-state index in [1.807, 2.05) is 6.20 Å². The molecule has 1 saturated carbocycles. The van der Waals surface area contributed by atoms with E-state index in [2.05, 4.69) is 16.5 Å². The lowest BCUT2D eigenvalue weighted by Gasteiger charge is -2.26. The largest absolute Gasteiger partial charge is 0.369 e. The van der Waals surface area contributed by atoms with Gasteiger partial charge in [-0.2, -0.15) is 0 Å². The lowest BCUT2D eigenvalue weighted by Crippen LogP contribution is -2.14. The molecule has 0 bridgehead atoms. The molecule has 1 aliphatic rings. The summed E-state index contributed by atoms with van der Waals surface area (Å²) in [6.45, 7) is 3.40. The Morgan fingerprint density at radius 3 is 2.73 bits per heavy atom. The highest BCUT2D eigenvalue weighted by molar-refractivity contribution is 5.16. The Bertz CT molecular complexity index is 298. The third-order valence-electron chi connectivity index (χ3n) is 3.66. The number of rotatable bonds is 3. The molecule has 1 aromatic heterocycles. The quantitative estimate of drug-likeness (QED) is 0.828. The van der Waals surface area contributed by atoms with Crippen LogP contribution in [0.4, 0.5) is 5.95 Å². The molecule has 2 rings (SSSR count). The number of imidazole rings is 1. The van der Waals surface area contributed by atoms with Crippen molar-refractivity contribution >= 4 is 5.95 Å². The number of aromatic nitrogens is 2. The second-order valence-electron chi connectivity index (χ2n) is 4.89. The maximum Gasteiger partial charge on any atom is 0.200 e. The fourth-order valence-corrected chi connectivity index (χ4v) is 2.47. The second kappa shape index (κ2) is 4.69. The molecule has 3 heteroatoms. The van der Waals surface area contributed by atoms with E-state index in [1.165, 1.54) is 32.1 Å². The zero-order valence-corrected chi connectivity index (χ0v) is 9.52. The predicted molar refractivity (Wildman–Crippen MR) is 62.4 cm³/mol. The standard InChI is InChI=1S/C12H21N3/c1-10-2-4-11(5-3-10)6-8-15-9-7-14-12(15)13/h7,9-11H,2-6,8H2,1H3,(H2,13,14). The Kier molecular flexibility index (Phi) is 3.29. The van der Waals surface area contributed by atoms with Crippen LogP contribution in [0, 0.1) is 11.8 Å². The number of nitrogen functional groups attached to an aromatic ring is 1. The molecular weight excluding hydrogens is 186 g/mol. The van der Waals surface area contributed by atoms with E-state index >= 15 is 0 Å². The summed E-state index contributed by atoms with van der Waals surface area (Å²) in [5, 5.41) is 0. The highest BCUT2D eigenvalue weighted by Crippen LogP contribution is 2.30. The Morgan fingerprint density at radius 1 is 1.40 bits per heavy atom. The van der Waals surface area contributed by atoms with Gasteiger partial charge in [-0.3, -0.25) is 0 Å². The molecule has 1 heterocycles. The minimum absolute atomic E-state index is 0.652. The smallest absolute Gasteiger partial charge is 0.200 e. The van der Waals surface area contributed by atoms with Crippen LogP contribution in [0.3, 0.4) is 0 Å². The van der Waals surface area contributed by atoms with Crippen LogP contribution in [-0.2, 0) is 6.54 Å². The van der Waals surface area contributed by atoms with E-state index in [0.717, 1.165) is 18.4 Å². The second-order valence-corrected chi connectivity index (χ2v) is 4.89. The van der Waals surface area contributed by atoms with Gasteiger partial charge in [0.2, 0.25) is 0 Å². The van der Waals surface area contributed by atoms with Gasteiger partial charge in [-0.25, -0.2) is 4.98 Å². The predicted octanol–water partition coefficient (Wildman–Crippen LogP) is 2.68. The Balaban J connectivity index is 1.77. The van der Waals surface area contributed by atoms with E-state index < -0.39 is 0 Å². The number of nitrogens with zero attached hydrogens (tertiary/aromatic N) is 2. The Labute approximate surface area is 91.7 Å². The van der Waals surface area contributed by atoms with Crippen molar-refractivity contribution in [2.24, 2.45) is 11.8 Å². The lowest BCUT2D eigenvalue weighted by atomic mass is 9.81. The molecule has 0 aliphatic heterocycles. The average molecular weight is 207 g/mol. The molecule has 84 valence electrons. The molecule has 0 saturated heterocycles. The first-order valence-electron chi connectivity index (χ1n) is 6.02. The summed E-state index contributed by atoms with van der Waals surface area (Å²) in [7, 11) is 0. The molecule has 2 N–H and O–H groups in total. The van der Waals surface area contributed by atoms with E-state index in [1.54, 1.807) is 6.20 Å². The van der Waals surface area contributed by atoms with Gasteiger partial charge in [0.05, 0.1) is 0 Å². The van der Waals surface area contributed by atoms with Crippen LogP contribution in [0.15, 0.2) is 12.4 Å². The van der Waals surface area contributed by atoms with Crippen molar-refractivity contribution in [3.63, 3.8) is 0 Å². The molecule has 0 radical (unpaired) electrons. The van der Waals surface area contributed by atoms with E-state index in [9.17, 15) is 0 Å². The van der Waals surface area contributed by atoms with Gasteiger partial charge >= 0.3 is 0 Å². The first-order chi connectivity index (χ1) is 7.25. The van der Waals surface area contributed by atoms with Crippen molar-refractivity contribution in [3.05, 3.63) is 12.4 Å². The molecule has 0 aromatic carbocycles. The third-order valence-corrected chi connectivity index (χ3v) is 3.66. The van der Waals surface area contributed by atoms with E-state index in [-0.39, 0.29) is 0 Å². The van der Waals surface area contributed by atoms with Gasteiger partial charge in [-0.1, -0.05) is 32.6 Å². The van der Waals surface area contributed by atoms with Gasteiger partial charge in [0.1, 0.15) is 0 Å². The average Bonchev–Trinajstić information content (AvgIpc) is 2.63. The highest BCUT2D eigenvalue weighted by atomic mass is 15.1. The zero-order valence-electron chi connectivity index (χ0n) is 9.52. The van der Waals surface area contributed by atoms with Crippen LogP contribution < -0.4 is 5.73 Å². The van der Waals surface area contributed by atoms with Crippen LogP contribution in [0.1, 0.15) is 39.0 Å². The fraction of sp³-hybridized carbons (Fsp3) is 0.750. The minimum Gasteiger partial charge on any atom is -0.369 e. The van der Waals surface area contributed by atoms with E-state index in [0.29, 0.717) is 5.95 Å². The Morgan fingerprint density at radius 2 is 2.13 bits per heavy atom. The summed E-state index contributed by atoms with van der Waals surface area (Å²) in [6.07, 6.45) is 10.6. The van der Waals surface area contributed by atoms with Crippen molar-refractivity contribution in [2.45, 2.75) is 45.6 Å². The van der Waals surface area contributed by atoms with Gasteiger partial charge < -0.3 is 10.3 Å². The first kappa shape index (κ1) is 10.5. The monoisotopic (exact) mass is 207 g/mol. The van der Waals surface area contributed by atoms with Gasteiger partial charge in [0.25, 0.3) is 0 Å². The van der Waals surface area contributed by atoms with Crippen LogP contribution in [-0.4, -0.2) is 9.55 Å². The normalized spacial score (nSPS) is 26.7. The van der Waals surface area contributed by atoms with Gasteiger partial charge in [0, 0.05) is 18.9 Å². The summed E-state index contributed by atoms with van der Waals surface area (Å²) in [5.41, 5.74) is 5.73. The summed E-state index contributed by atoms with van der Waals surface area (Å²) >= 11 is 0. The number of aryl methyl sites for hydroxylation is 1. The molecule has 3 nitrogen and oxygen atoms in total. The van der Waals surface area contributed by atoms with Crippen LogP contribution in [0.25, 0.3) is 0 Å². The molecule has 0 atom stereocenters. The molecule has 0 unspecified atom stereocenters. The molecule has 0 spiro atoms. The van der Waals surface area contributed by atoms with Crippen molar-refractivity contribution in [1.82, 2.24) is 9.55 Å². The summed E-state index contributed by atoms with van der Waals surface area (Å²) < 4.78 is 2.05. The molecule has 15 heavy (non-hydrogen) atoms. The minimum atomic E-state index is 0.652. The van der Waals surface area contributed by atoms with Crippen LogP contribution in [0.5, 0.6) is 0 Å². The number of nitrogens with two attached hydrogens (primary N) is 1. The maximum atomic E-state index is 5.73. The van der Waals surface area contributed by atoms with Crippen molar-refractivity contribution in [2.75, 3.05) is 5.73 Å². The Hall–Kier alpha value is -0.990. The van der Waals surface area contributed by atoms with Gasteiger partial charge in [-0.15, -0.1) is 0 Å². The molecule has 1 aromatic rings.